The minimum Gasteiger partial charge on any atom is -0.340 e. The highest BCUT2D eigenvalue weighted by Crippen LogP contribution is 2.34. The molecule has 4 heteroatoms. The van der Waals surface area contributed by atoms with E-state index in [-0.39, 0.29) is 0 Å². The second-order valence-corrected chi connectivity index (χ2v) is 5.79. The van der Waals surface area contributed by atoms with E-state index < -0.39 is 0 Å². The van der Waals surface area contributed by atoms with Crippen LogP contribution in [0.5, 0.6) is 0 Å². The van der Waals surface area contributed by atoms with E-state index in [0.29, 0.717) is 6.04 Å². The summed E-state index contributed by atoms with van der Waals surface area (Å²) < 4.78 is 2.03. The molecule has 1 aromatic heterocycles. The van der Waals surface area contributed by atoms with Crippen LogP contribution in [0, 0.1) is 0 Å². The normalized spacial score (nSPS) is 29.6. The molecule has 3 aliphatic heterocycles. The van der Waals surface area contributed by atoms with Gasteiger partial charge in [0.25, 0.3) is 0 Å². The van der Waals surface area contributed by atoms with Gasteiger partial charge in [0.2, 0.25) is 0 Å². The summed E-state index contributed by atoms with van der Waals surface area (Å²) >= 11 is 0. The fourth-order valence-corrected chi connectivity index (χ4v) is 3.14. The molecule has 1 aromatic rings. The number of piperazine rings is 1. The van der Waals surface area contributed by atoms with Crippen LogP contribution >= 0.6 is 0 Å². The number of aryl methyl sites for hydroxylation is 1. The van der Waals surface area contributed by atoms with Crippen LogP contribution in [0.4, 0.5) is 0 Å². The number of hydrogen-bond donors (Lipinski definition) is 0. The predicted octanol–water partition coefficient (Wildman–Crippen LogP) is 1.09. The van der Waals surface area contributed by atoms with Crippen LogP contribution < -0.4 is 0 Å². The average Bonchev–Trinajstić information content (AvgIpc) is 2.72. The molecule has 0 amide bonds. The second kappa shape index (κ2) is 4.10. The van der Waals surface area contributed by atoms with Gasteiger partial charge in [-0.2, -0.15) is 0 Å². The number of hydrogen-bond acceptors (Lipinski definition) is 3. The molecule has 0 aromatic carbocycles. The molecular formula is C13H22N4. The van der Waals surface area contributed by atoms with Gasteiger partial charge in [0.1, 0.15) is 0 Å². The number of piperidine rings is 1. The largest absolute Gasteiger partial charge is 0.340 e. The average molecular weight is 234 g/mol. The van der Waals surface area contributed by atoms with Crippen molar-refractivity contribution < 1.29 is 0 Å². The van der Waals surface area contributed by atoms with E-state index in [1.807, 2.05) is 17.9 Å². The molecule has 0 saturated carbocycles. The molecule has 0 spiro atoms. The van der Waals surface area contributed by atoms with Gasteiger partial charge in [-0.1, -0.05) is 0 Å². The van der Waals surface area contributed by atoms with Crippen molar-refractivity contribution in [1.29, 1.82) is 0 Å². The highest BCUT2D eigenvalue weighted by Gasteiger charge is 2.44. The van der Waals surface area contributed by atoms with Gasteiger partial charge in [-0.25, -0.2) is 4.98 Å². The lowest BCUT2D eigenvalue weighted by Crippen LogP contribution is -2.68. The van der Waals surface area contributed by atoms with Crippen LogP contribution in [0.3, 0.4) is 0 Å². The zero-order valence-corrected chi connectivity index (χ0v) is 11.0. The fourth-order valence-electron chi connectivity index (χ4n) is 3.14. The summed E-state index contributed by atoms with van der Waals surface area (Å²) in [5, 5.41) is 0. The number of fused-ring (bicyclic) bond motifs is 2. The Bertz CT molecular complexity index is 386. The number of imidazole rings is 1. The lowest BCUT2D eigenvalue weighted by Gasteiger charge is -2.57. The first-order valence-corrected chi connectivity index (χ1v) is 6.60. The zero-order chi connectivity index (χ0) is 12.0. The van der Waals surface area contributed by atoms with E-state index in [4.69, 9.17) is 0 Å². The molecule has 94 valence electrons. The third kappa shape index (κ3) is 2.00. The molecule has 4 rings (SSSR count). The van der Waals surface area contributed by atoms with Crippen LogP contribution in [0.25, 0.3) is 0 Å². The van der Waals surface area contributed by atoms with Gasteiger partial charge < -0.3 is 4.57 Å². The lowest BCUT2D eigenvalue weighted by molar-refractivity contribution is -0.0840. The summed E-state index contributed by atoms with van der Waals surface area (Å²) in [6, 6.07) is 2.22. The minimum absolute atomic E-state index is 0.692. The van der Waals surface area contributed by atoms with Gasteiger partial charge in [-0.3, -0.25) is 9.80 Å². The first-order chi connectivity index (χ1) is 8.13. The molecule has 0 N–H and O–H groups in total. The van der Waals surface area contributed by atoms with Crippen molar-refractivity contribution in [3.8, 4) is 0 Å². The van der Waals surface area contributed by atoms with Gasteiger partial charge in [0, 0.05) is 51.0 Å². The van der Waals surface area contributed by atoms with Crippen molar-refractivity contribution >= 4 is 0 Å². The van der Waals surface area contributed by atoms with Crippen molar-refractivity contribution in [2.24, 2.45) is 7.05 Å². The molecule has 17 heavy (non-hydrogen) atoms. The van der Waals surface area contributed by atoms with Crippen molar-refractivity contribution in [2.75, 3.05) is 13.1 Å². The molecule has 4 nitrogen and oxygen atoms in total. The van der Waals surface area contributed by atoms with Crippen LogP contribution in [0.2, 0.25) is 0 Å². The molecule has 3 saturated heterocycles. The topological polar surface area (TPSA) is 24.3 Å². The summed E-state index contributed by atoms with van der Waals surface area (Å²) in [5.41, 5.74) is 1.21. The van der Waals surface area contributed by atoms with Crippen LogP contribution in [-0.2, 0) is 13.6 Å². The predicted molar refractivity (Wildman–Crippen MR) is 67.7 cm³/mol. The first kappa shape index (κ1) is 11.2. The molecule has 2 unspecified atom stereocenters. The minimum atomic E-state index is 0.692. The molecular weight excluding hydrogens is 212 g/mol. The molecule has 2 atom stereocenters. The molecule has 2 bridgehead atoms. The van der Waals surface area contributed by atoms with E-state index in [1.165, 1.54) is 25.2 Å². The third-order valence-electron chi connectivity index (χ3n) is 4.21. The quantitative estimate of drug-likeness (QED) is 0.782. The maximum atomic E-state index is 4.43. The van der Waals surface area contributed by atoms with E-state index in [2.05, 4.69) is 34.8 Å². The van der Waals surface area contributed by atoms with Gasteiger partial charge in [0.15, 0.2) is 0 Å². The van der Waals surface area contributed by atoms with Crippen molar-refractivity contribution in [1.82, 2.24) is 19.4 Å². The molecule has 0 radical (unpaired) electrons. The Balaban J connectivity index is 1.61. The van der Waals surface area contributed by atoms with Crippen molar-refractivity contribution in [3.63, 3.8) is 0 Å². The Morgan fingerprint density at radius 3 is 2.59 bits per heavy atom. The summed E-state index contributed by atoms with van der Waals surface area (Å²) in [6.07, 6.45) is 5.41. The summed E-state index contributed by atoms with van der Waals surface area (Å²) in [5.74, 6) is 0. The van der Waals surface area contributed by atoms with E-state index in [0.717, 1.165) is 18.6 Å². The summed E-state index contributed by atoms with van der Waals surface area (Å²) in [4.78, 5) is 9.66. The highest BCUT2D eigenvalue weighted by molar-refractivity contribution is 5.05. The third-order valence-corrected chi connectivity index (χ3v) is 4.21. The SMILES string of the molecule is CC(C)N1CC2CC(C1)N2Cc1cn(C)cn1. The Morgan fingerprint density at radius 1 is 1.35 bits per heavy atom. The summed E-state index contributed by atoms with van der Waals surface area (Å²) in [6.45, 7) is 8.10. The van der Waals surface area contributed by atoms with E-state index in [1.54, 1.807) is 0 Å². The molecule has 4 heterocycles. The van der Waals surface area contributed by atoms with Gasteiger partial charge in [-0.05, 0) is 20.3 Å². The monoisotopic (exact) mass is 234 g/mol. The number of rotatable bonds is 3. The lowest BCUT2D eigenvalue weighted by atomic mass is 9.86. The van der Waals surface area contributed by atoms with Crippen LogP contribution in [-0.4, -0.2) is 50.6 Å². The van der Waals surface area contributed by atoms with Crippen molar-refractivity contribution in [2.45, 2.75) is 44.9 Å². The number of nitrogens with zero attached hydrogens (tertiary/aromatic N) is 4. The fraction of sp³-hybridized carbons (Fsp3) is 0.769. The maximum Gasteiger partial charge on any atom is 0.0947 e. The standard InChI is InChI=1S/C13H22N4/c1-10(2)16-7-12-4-13(8-16)17(12)6-11-5-15(3)9-14-11/h5,9-10,12-13H,4,6-8H2,1-3H3. The first-order valence-electron chi connectivity index (χ1n) is 6.60. The smallest absolute Gasteiger partial charge is 0.0947 e. The highest BCUT2D eigenvalue weighted by atomic mass is 15.4. The Morgan fingerprint density at radius 2 is 2.06 bits per heavy atom. The van der Waals surface area contributed by atoms with Gasteiger partial charge in [0.05, 0.1) is 12.0 Å². The van der Waals surface area contributed by atoms with Crippen LogP contribution in [0.15, 0.2) is 12.5 Å². The Labute approximate surface area is 103 Å². The molecule has 3 fully saturated rings. The molecule has 3 aliphatic rings. The Hall–Kier alpha value is -0.870. The summed E-state index contributed by atoms with van der Waals surface area (Å²) in [7, 11) is 2.04. The Kier molecular flexibility index (Phi) is 2.71. The maximum absolute atomic E-state index is 4.43. The van der Waals surface area contributed by atoms with Crippen LogP contribution in [0.1, 0.15) is 26.0 Å². The van der Waals surface area contributed by atoms with Crippen molar-refractivity contribution in [3.05, 3.63) is 18.2 Å². The van der Waals surface area contributed by atoms with E-state index in [9.17, 15) is 0 Å². The van der Waals surface area contributed by atoms with Gasteiger partial charge >= 0.3 is 0 Å². The van der Waals surface area contributed by atoms with E-state index >= 15 is 0 Å². The second-order valence-electron chi connectivity index (χ2n) is 5.79. The zero-order valence-electron chi connectivity index (χ0n) is 11.0. The van der Waals surface area contributed by atoms with Gasteiger partial charge in [-0.15, -0.1) is 0 Å². The molecule has 0 aliphatic carbocycles. The number of aromatic nitrogens is 2.